The van der Waals surface area contributed by atoms with Gasteiger partial charge in [0.05, 0.1) is 0 Å². The summed E-state index contributed by atoms with van der Waals surface area (Å²) in [5, 5.41) is 22.7. The van der Waals surface area contributed by atoms with Crippen LogP contribution in [0.4, 0.5) is 5.69 Å². The van der Waals surface area contributed by atoms with Crippen LogP contribution in [0.2, 0.25) is 0 Å². The van der Waals surface area contributed by atoms with Crippen molar-refractivity contribution in [1.29, 1.82) is 0 Å². The molecule has 0 aliphatic rings. The van der Waals surface area contributed by atoms with Crippen molar-refractivity contribution in [3.8, 4) is 11.4 Å². The van der Waals surface area contributed by atoms with Crippen LogP contribution >= 0.6 is 11.8 Å². The Kier molecular flexibility index (Phi) is 7.45. The summed E-state index contributed by atoms with van der Waals surface area (Å²) in [6, 6.07) is 15.0. The monoisotopic (exact) mass is 488 g/mol. The number of carbonyl (C=O) groups is 1. The Balaban J connectivity index is 1.52. The van der Waals surface area contributed by atoms with Gasteiger partial charge < -0.3 is 10.4 Å². The molecule has 0 aliphatic heterocycles. The first kappa shape index (κ1) is 24.8. The minimum absolute atomic E-state index is 0.0109. The Labute approximate surface area is 210 Å². The van der Waals surface area contributed by atoms with Crippen LogP contribution in [-0.2, 0) is 0 Å². The number of aromatic hydroxyl groups is 1. The molecule has 0 saturated carbocycles. The zero-order chi connectivity index (χ0) is 25.1. The smallest absolute Gasteiger partial charge is 0.255 e. The first-order valence-corrected chi connectivity index (χ1v) is 13.0. The predicted octanol–water partition coefficient (Wildman–Crippen LogP) is 6.83. The number of phenolic OH excluding ortho intramolecular Hbond substituents is 1. The van der Waals surface area contributed by atoms with Crippen LogP contribution in [0.3, 0.4) is 0 Å². The third-order valence-corrected chi connectivity index (χ3v) is 7.75. The van der Waals surface area contributed by atoms with E-state index in [1.807, 2.05) is 56.8 Å². The molecule has 6 nitrogen and oxygen atoms in total. The fourth-order valence-electron chi connectivity index (χ4n) is 4.00. The molecule has 35 heavy (non-hydrogen) atoms. The maximum atomic E-state index is 12.8. The summed E-state index contributed by atoms with van der Waals surface area (Å²) in [4.78, 5) is 15.4. The molecule has 1 aromatic heterocycles. The highest BCUT2D eigenvalue weighted by Crippen LogP contribution is 2.29. The van der Waals surface area contributed by atoms with Crippen LogP contribution in [0.15, 0.2) is 53.4 Å². The molecule has 0 atom stereocenters. The summed E-state index contributed by atoms with van der Waals surface area (Å²) < 4.78 is 0. The van der Waals surface area contributed by atoms with Crippen LogP contribution in [-0.4, -0.2) is 31.8 Å². The summed E-state index contributed by atoms with van der Waals surface area (Å²) in [5.74, 6) is 1.58. The molecule has 0 aliphatic carbocycles. The summed E-state index contributed by atoms with van der Waals surface area (Å²) in [5.41, 5.74) is 6.24. The van der Waals surface area contributed by atoms with Gasteiger partial charge in [0.25, 0.3) is 5.91 Å². The molecule has 182 valence electrons. The molecular weight excluding hydrogens is 456 g/mol. The number of rotatable bonds is 8. The number of amides is 1. The number of benzene rings is 3. The molecule has 0 saturated heterocycles. The highest BCUT2D eigenvalue weighted by molar-refractivity contribution is 7.99. The molecule has 7 heteroatoms. The standard InChI is InChI=1S/C28H32N4O2S/c1-6-20(7-2)16-35-22-9-10-24-25(15-22)31-32(30-24)26-11-8-21(14-27(26)33)29-28(34)23-13-18(4)17(3)12-19(23)5/h8-15,20,33H,6-7,16H2,1-5H3,(H,29,34). The summed E-state index contributed by atoms with van der Waals surface area (Å²) in [6.07, 6.45) is 2.36. The molecule has 0 radical (unpaired) electrons. The highest BCUT2D eigenvalue weighted by atomic mass is 32.2. The SMILES string of the molecule is CCC(CC)CSc1ccc2nn(-c3ccc(NC(=O)c4cc(C)c(C)cc4C)cc3O)nc2c1. The first-order valence-electron chi connectivity index (χ1n) is 12.0. The molecule has 0 spiro atoms. The van der Waals surface area contributed by atoms with Crippen molar-refractivity contribution in [2.24, 2.45) is 5.92 Å². The highest BCUT2D eigenvalue weighted by Gasteiger charge is 2.14. The molecule has 0 fully saturated rings. The Morgan fingerprint density at radius 2 is 1.66 bits per heavy atom. The van der Waals surface area contributed by atoms with E-state index in [0.29, 0.717) is 22.9 Å². The normalized spacial score (nSPS) is 11.4. The van der Waals surface area contributed by atoms with Crippen molar-refractivity contribution in [3.63, 3.8) is 0 Å². The van der Waals surface area contributed by atoms with Gasteiger partial charge in [0, 0.05) is 28.0 Å². The van der Waals surface area contributed by atoms with E-state index in [1.165, 1.54) is 28.6 Å². The summed E-state index contributed by atoms with van der Waals surface area (Å²) >= 11 is 1.84. The van der Waals surface area contributed by atoms with Gasteiger partial charge in [0.15, 0.2) is 0 Å². The van der Waals surface area contributed by atoms with E-state index in [1.54, 1.807) is 12.1 Å². The van der Waals surface area contributed by atoms with E-state index in [4.69, 9.17) is 0 Å². The lowest BCUT2D eigenvalue weighted by molar-refractivity contribution is 0.102. The van der Waals surface area contributed by atoms with Crippen molar-refractivity contribution in [2.75, 3.05) is 11.1 Å². The summed E-state index contributed by atoms with van der Waals surface area (Å²) in [6.45, 7) is 10.4. The summed E-state index contributed by atoms with van der Waals surface area (Å²) in [7, 11) is 0. The number of carbonyl (C=O) groups excluding carboxylic acids is 1. The number of hydrogen-bond donors (Lipinski definition) is 2. The van der Waals surface area contributed by atoms with E-state index in [-0.39, 0.29) is 11.7 Å². The Morgan fingerprint density at radius 3 is 2.37 bits per heavy atom. The zero-order valence-electron chi connectivity index (χ0n) is 20.9. The minimum atomic E-state index is -0.209. The number of aromatic nitrogens is 3. The first-order chi connectivity index (χ1) is 16.8. The largest absolute Gasteiger partial charge is 0.506 e. The Bertz CT molecular complexity index is 1380. The number of nitrogens with zero attached hydrogens (tertiary/aromatic N) is 3. The van der Waals surface area contributed by atoms with Crippen LogP contribution in [0.1, 0.15) is 53.7 Å². The third-order valence-electron chi connectivity index (χ3n) is 6.53. The van der Waals surface area contributed by atoms with Crippen molar-refractivity contribution >= 4 is 34.4 Å². The van der Waals surface area contributed by atoms with Crippen molar-refractivity contribution in [3.05, 3.63) is 70.8 Å². The molecule has 4 rings (SSSR count). The van der Waals surface area contributed by atoms with E-state index < -0.39 is 0 Å². The van der Waals surface area contributed by atoms with Gasteiger partial charge in [0.1, 0.15) is 22.5 Å². The quantitative estimate of drug-likeness (QED) is 0.266. The van der Waals surface area contributed by atoms with Gasteiger partial charge in [-0.1, -0.05) is 32.8 Å². The molecule has 3 aromatic carbocycles. The number of phenols is 1. The fourth-order valence-corrected chi connectivity index (χ4v) is 5.26. The van der Waals surface area contributed by atoms with Crippen LogP contribution in [0, 0.1) is 26.7 Å². The second kappa shape index (κ2) is 10.5. The third kappa shape index (κ3) is 5.51. The molecule has 0 unspecified atom stereocenters. The van der Waals surface area contributed by atoms with Gasteiger partial charge in [-0.2, -0.15) is 0 Å². The van der Waals surface area contributed by atoms with Crippen molar-refractivity contribution in [1.82, 2.24) is 15.0 Å². The number of thioether (sulfide) groups is 1. The Hall–Kier alpha value is -3.32. The van der Waals surface area contributed by atoms with E-state index in [0.717, 1.165) is 33.5 Å². The van der Waals surface area contributed by atoms with Crippen LogP contribution in [0.25, 0.3) is 16.7 Å². The number of anilines is 1. The lowest BCUT2D eigenvalue weighted by atomic mass is 10.0. The van der Waals surface area contributed by atoms with Gasteiger partial charge in [0.2, 0.25) is 0 Å². The van der Waals surface area contributed by atoms with Gasteiger partial charge in [-0.05, 0) is 79.8 Å². The van der Waals surface area contributed by atoms with E-state index in [2.05, 4.69) is 35.4 Å². The zero-order valence-corrected chi connectivity index (χ0v) is 21.7. The van der Waals surface area contributed by atoms with E-state index >= 15 is 0 Å². The van der Waals surface area contributed by atoms with Gasteiger partial charge in [-0.3, -0.25) is 4.79 Å². The number of hydrogen-bond acceptors (Lipinski definition) is 5. The number of aryl methyl sites for hydroxylation is 3. The van der Waals surface area contributed by atoms with Gasteiger partial charge in [-0.25, -0.2) is 0 Å². The molecule has 0 bridgehead atoms. The Morgan fingerprint density at radius 1 is 0.943 bits per heavy atom. The fraction of sp³-hybridized carbons (Fsp3) is 0.321. The second-order valence-corrected chi connectivity index (χ2v) is 10.1. The van der Waals surface area contributed by atoms with E-state index in [9.17, 15) is 9.90 Å². The van der Waals surface area contributed by atoms with Crippen LogP contribution < -0.4 is 5.32 Å². The predicted molar refractivity (Wildman–Crippen MR) is 144 cm³/mol. The maximum absolute atomic E-state index is 12.8. The van der Waals surface area contributed by atoms with Crippen molar-refractivity contribution < 1.29 is 9.90 Å². The molecule has 2 N–H and O–H groups in total. The number of nitrogens with one attached hydrogen (secondary N) is 1. The maximum Gasteiger partial charge on any atom is 0.255 e. The molecule has 1 amide bonds. The average molecular weight is 489 g/mol. The number of fused-ring (bicyclic) bond motifs is 1. The molecular formula is C28H32N4O2S. The average Bonchev–Trinajstić information content (AvgIpc) is 3.25. The van der Waals surface area contributed by atoms with Crippen molar-refractivity contribution in [2.45, 2.75) is 52.4 Å². The second-order valence-electron chi connectivity index (χ2n) is 9.04. The van der Waals surface area contributed by atoms with Crippen LogP contribution in [0.5, 0.6) is 5.75 Å². The topological polar surface area (TPSA) is 80.0 Å². The molecule has 1 heterocycles. The lowest BCUT2D eigenvalue weighted by Crippen LogP contribution is -2.14. The molecule has 4 aromatic rings. The minimum Gasteiger partial charge on any atom is -0.506 e. The lowest BCUT2D eigenvalue weighted by Gasteiger charge is -2.11. The van der Waals surface area contributed by atoms with Gasteiger partial charge >= 0.3 is 0 Å². The van der Waals surface area contributed by atoms with Gasteiger partial charge in [-0.15, -0.1) is 26.8 Å².